The van der Waals surface area contributed by atoms with Crippen LogP contribution in [0.25, 0.3) is 10.9 Å². The summed E-state index contributed by atoms with van der Waals surface area (Å²) >= 11 is 0. The Morgan fingerprint density at radius 2 is 2.25 bits per heavy atom. The molecule has 1 saturated carbocycles. The van der Waals surface area contributed by atoms with Gasteiger partial charge in [-0.2, -0.15) is 0 Å². The van der Waals surface area contributed by atoms with Gasteiger partial charge in [-0.3, -0.25) is 4.79 Å². The number of nitrogens with one attached hydrogen (secondary N) is 1. The summed E-state index contributed by atoms with van der Waals surface area (Å²) in [5, 5.41) is 4.70. The standard InChI is InChI=1S/C16H20N2O2/c1-2-20-15(19)11-18-9-8-12-4-3-5-13(16(12)18)10-17-14-6-7-14/h3-5,8-9,14,17H,2,6-7,10-11H2,1H3. The number of para-hydroxylation sites is 1. The zero-order valence-corrected chi connectivity index (χ0v) is 11.8. The normalized spacial score (nSPS) is 14.7. The van der Waals surface area contributed by atoms with E-state index >= 15 is 0 Å². The first-order chi connectivity index (χ1) is 9.78. The van der Waals surface area contributed by atoms with Crippen LogP contribution in [0.2, 0.25) is 0 Å². The van der Waals surface area contributed by atoms with E-state index < -0.39 is 0 Å². The van der Waals surface area contributed by atoms with E-state index in [1.54, 1.807) is 0 Å². The van der Waals surface area contributed by atoms with Crippen molar-refractivity contribution in [3.05, 3.63) is 36.0 Å². The van der Waals surface area contributed by atoms with Crippen LogP contribution in [0.3, 0.4) is 0 Å². The summed E-state index contributed by atoms with van der Waals surface area (Å²) in [6, 6.07) is 9.01. The maximum absolute atomic E-state index is 11.7. The quantitative estimate of drug-likeness (QED) is 0.821. The molecule has 1 aliphatic carbocycles. The van der Waals surface area contributed by atoms with Gasteiger partial charge in [0.25, 0.3) is 0 Å². The fourth-order valence-electron chi connectivity index (χ4n) is 2.50. The molecular weight excluding hydrogens is 252 g/mol. The molecule has 1 aliphatic rings. The van der Waals surface area contributed by atoms with E-state index in [4.69, 9.17) is 4.74 Å². The monoisotopic (exact) mass is 272 g/mol. The van der Waals surface area contributed by atoms with Gasteiger partial charge in [0.05, 0.1) is 12.1 Å². The number of nitrogens with zero attached hydrogens (tertiary/aromatic N) is 1. The van der Waals surface area contributed by atoms with Crippen LogP contribution >= 0.6 is 0 Å². The van der Waals surface area contributed by atoms with Crippen LogP contribution in [-0.4, -0.2) is 23.2 Å². The molecule has 4 nitrogen and oxygen atoms in total. The van der Waals surface area contributed by atoms with Crippen LogP contribution in [0.1, 0.15) is 25.3 Å². The number of rotatable bonds is 6. The summed E-state index contributed by atoms with van der Waals surface area (Å²) < 4.78 is 7.02. The van der Waals surface area contributed by atoms with Crippen LogP contribution in [0.5, 0.6) is 0 Å². The largest absolute Gasteiger partial charge is 0.465 e. The van der Waals surface area contributed by atoms with Gasteiger partial charge in [-0.1, -0.05) is 18.2 Å². The van der Waals surface area contributed by atoms with Crippen molar-refractivity contribution < 1.29 is 9.53 Å². The number of benzene rings is 1. The number of carbonyl (C=O) groups excluding carboxylic acids is 1. The summed E-state index contributed by atoms with van der Waals surface area (Å²) in [7, 11) is 0. The van der Waals surface area contributed by atoms with E-state index in [2.05, 4.69) is 29.6 Å². The lowest BCUT2D eigenvalue weighted by Crippen LogP contribution is -2.17. The first-order valence-corrected chi connectivity index (χ1v) is 7.23. The average molecular weight is 272 g/mol. The fourth-order valence-corrected chi connectivity index (χ4v) is 2.50. The van der Waals surface area contributed by atoms with E-state index in [9.17, 15) is 4.79 Å². The second-order valence-corrected chi connectivity index (χ2v) is 5.26. The summed E-state index contributed by atoms with van der Waals surface area (Å²) in [6.07, 6.45) is 4.52. The molecule has 0 spiro atoms. The first-order valence-electron chi connectivity index (χ1n) is 7.23. The molecule has 3 rings (SSSR count). The van der Waals surface area contributed by atoms with Crippen molar-refractivity contribution in [3.63, 3.8) is 0 Å². The van der Waals surface area contributed by atoms with Crippen molar-refractivity contribution in [2.24, 2.45) is 0 Å². The van der Waals surface area contributed by atoms with Crippen molar-refractivity contribution in [2.45, 2.75) is 38.9 Å². The zero-order valence-electron chi connectivity index (χ0n) is 11.8. The van der Waals surface area contributed by atoms with E-state index in [-0.39, 0.29) is 12.5 Å². The predicted octanol–water partition coefficient (Wildman–Crippen LogP) is 2.46. The molecule has 1 fully saturated rings. The number of ether oxygens (including phenoxy) is 1. The Morgan fingerprint density at radius 3 is 3.00 bits per heavy atom. The molecule has 1 heterocycles. The second-order valence-electron chi connectivity index (χ2n) is 5.26. The molecule has 0 radical (unpaired) electrons. The smallest absolute Gasteiger partial charge is 0.325 e. The van der Waals surface area contributed by atoms with Gasteiger partial charge >= 0.3 is 5.97 Å². The van der Waals surface area contributed by atoms with Crippen LogP contribution in [0, 0.1) is 0 Å². The summed E-state index contributed by atoms with van der Waals surface area (Å²) in [5.74, 6) is -0.185. The van der Waals surface area contributed by atoms with Crippen LogP contribution in [0.4, 0.5) is 0 Å². The van der Waals surface area contributed by atoms with E-state index in [0.717, 1.165) is 12.1 Å². The van der Waals surface area contributed by atoms with Gasteiger partial charge in [-0.05, 0) is 36.8 Å². The fraction of sp³-hybridized carbons (Fsp3) is 0.438. The second kappa shape index (κ2) is 5.67. The highest BCUT2D eigenvalue weighted by molar-refractivity contribution is 5.85. The third-order valence-corrected chi connectivity index (χ3v) is 3.64. The number of hydrogen-bond acceptors (Lipinski definition) is 3. The Labute approximate surface area is 118 Å². The molecule has 0 aliphatic heterocycles. The molecule has 2 aromatic rings. The van der Waals surface area contributed by atoms with Gasteiger partial charge in [-0.25, -0.2) is 0 Å². The highest BCUT2D eigenvalue weighted by Gasteiger charge is 2.20. The van der Waals surface area contributed by atoms with Crippen molar-refractivity contribution in [1.29, 1.82) is 0 Å². The summed E-state index contributed by atoms with van der Waals surface area (Å²) in [6.45, 7) is 3.39. The highest BCUT2D eigenvalue weighted by Crippen LogP contribution is 2.23. The van der Waals surface area contributed by atoms with Gasteiger partial charge < -0.3 is 14.6 Å². The molecule has 106 valence electrons. The van der Waals surface area contributed by atoms with Crippen molar-refractivity contribution in [1.82, 2.24) is 9.88 Å². The Morgan fingerprint density at radius 1 is 1.40 bits per heavy atom. The third-order valence-electron chi connectivity index (χ3n) is 3.64. The van der Waals surface area contributed by atoms with E-state index in [1.807, 2.05) is 17.7 Å². The number of aromatic nitrogens is 1. The molecule has 0 atom stereocenters. The van der Waals surface area contributed by atoms with E-state index in [1.165, 1.54) is 23.8 Å². The number of esters is 1. The Bertz CT molecular complexity index is 614. The predicted molar refractivity (Wildman–Crippen MR) is 78.4 cm³/mol. The highest BCUT2D eigenvalue weighted by atomic mass is 16.5. The van der Waals surface area contributed by atoms with Gasteiger partial charge in [-0.15, -0.1) is 0 Å². The zero-order chi connectivity index (χ0) is 13.9. The lowest BCUT2D eigenvalue weighted by Gasteiger charge is -2.10. The minimum Gasteiger partial charge on any atom is -0.465 e. The molecule has 1 aromatic carbocycles. The Kier molecular flexibility index (Phi) is 3.74. The molecule has 1 N–H and O–H groups in total. The molecule has 4 heteroatoms. The van der Waals surface area contributed by atoms with Crippen molar-refractivity contribution >= 4 is 16.9 Å². The van der Waals surface area contributed by atoms with Crippen LogP contribution in [-0.2, 0) is 22.6 Å². The summed E-state index contributed by atoms with van der Waals surface area (Å²) in [5.41, 5.74) is 2.37. The average Bonchev–Trinajstić information content (AvgIpc) is 3.18. The van der Waals surface area contributed by atoms with E-state index in [0.29, 0.717) is 12.6 Å². The minimum atomic E-state index is -0.185. The van der Waals surface area contributed by atoms with Crippen LogP contribution in [0.15, 0.2) is 30.5 Å². The first kappa shape index (κ1) is 13.2. The van der Waals surface area contributed by atoms with Gasteiger partial charge in [0.15, 0.2) is 0 Å². The maximum atomic E-state index is 11.7. The topological polar surface area (TPSA) is 43.3 Å². The summed E-state index contributed by atoms with van der Waals surface area (Å²) in [4.78, 5) is 11.7. The molecule has 0 unspecified atom stereocenters. The van der Waals surface area contributed by atoms with Crippen molar-refractivity contribution in [3.8, 4) is 0 Å². The molecular formula is C16H20N2O2. The molecule has 1 aromatic heterocycles. The van der Waals surface area contributed by atoms with Gasteiger partial charge in [0.1, 0.15) is 6.54 Å². The lowest BCUT2D eigenvalue weighted by molar-refractivity contribution is -0.143. The molecule has 0 bridgehead atoms. The number of hydrogen-bond donors (Lipinski definition) is 1. The Hall–Kier alpha value is -1.81. The number of fused-ring (bicyclic) bond motifs is 1. The lowest BCUT2D eigenvalue weighted by atomic mass is 10.1. The van der Waals surface area contributed by atoms with Gasteiger partial charge in [0.2, 0.25) is 0 Å². The minimum absolute atomic E-state index is 0.185. The van der Waals surface area contributed by atoms with Crippen molar-refractivity contribution in [2.75, 3.05) is 6.61 Å². The van der Waals surface area contributed by atoms with Crippen LogP contribution < -0.4 is 5.32 Å². The number of carbonyl (C=O) groups is 1. The SMILES string of the molecule is CCOC(=O)Cn1ccc2cccc(CNC3CC3)c21. The maximum Gasteiger partial charge on any atom is 0.325 e. The molecule has 20 heavy (non-hydrogen) atoms. The third kappa shape index (κ3) is 2.85. The molecule has 0 saturated heterocycles. The van der Waals surface area contributed by atoms with Gasteiger partial charge in [0, 0.05) is 18.8 Å². The molecule has 0 amide bonds. The Balaban J connectivity index is 1.85.